The van der Waals surface area contributed by atoms with Gasteiger partial charge in [0.2, 0.25) is 5.91 Å². The standard InChI is InChI=1S/C18H15ClF2N2O3/c1-26-16-5-3-12(19)7-15(16)22-17(24)11-8-23(9-11)18(25)10-2-4-13(20)14(21)6-10/h2-7,11H,8-9H2,1H3,(H,22,24). The minimum atomic E-state index is -1.08. The average molecular weight is 381 g/mol. The third-order valence-corrected chi connectivity index (χ3v) is 4.36. The molecule has 5 nitrogen and oxygen atoms in total. The molecular weight excluding hydrogens is 366 g/mol. The fraction of sp³-hybridized carbons (Fsp3) is 0.222. The molecule has 1 N–H and O–H groups in total. The molecule has 8 heteroatoms. The monoisotopic (exact) mass is 380 g/mol. The van der Waals surface area contributed by atoms with Crippen LogP contribution in [-0.4, -0.2) is 36.9 Å². The smallest absolute Gasteiger partial charge is 0.254 e. The number of carbonyl (C=O) groups is 2. The van der Waals surface area contributed by atoms with Crippen molar-refractivity contribution in [1.29, 1.82) is 0 Å². The van der Waals surface area contributed by atoms with Crippen LogP contribution in [0.15, 0.2) is 36.4 Å². The Morgan fingerprint density at radius 1 is 1.15 bits per heavy atom. The SMILES string of the molecule is COc1ccc(Cl)cc1NC(=O)C1CN(C(=O)c2ccc(F)c(F)c2)C1. The quantitative estimate of drug-likeness (QED) is 0.885. The Morgan fingerprint density at radius 3 is 2.54 bits per heavy atom. The molecule has 0 radical (unpaired) electrons. The Labute approximate surface area is 153 Å². The largest absolute Gasteiger partial charge is 0.495 e. The number of hydrogen-bond acceptors (Lipinski definition) is 3. The summed E-state index contributed by atoms with van der Waals surface area (Å²) in [6.07, 6.45) is 0. The minimum absolute atomic E-state index is 0.0410. The van der Waals surface area contributed by atoms with Gasteiger partial charge in [-0.3, -0.25) is 9.59 Å². The van der Waals surface area contributed by atoms with Gasteiger partial charge in [-0.1, -0.05) is 11.6 Å². The minimum Gasteiger partial charge on any atom is -0.495 e. The second-order valence-corrected chi connectivity index (χ2v) is 6.31. The Bertz CT molecular complexity index is 870. The zero-order valence-electron chi connectivity index (χ0n) is 13.8. The maximum atomic E-state index is 13.2. The summed E-state index contributed by atoms with van der Waals surface area (Å²) >= 11 is 5.92. The molecular formula is C18H15ClF2N2O3. The Morgan fingerprint density at radius 2 is 1.88 bits per heavy atom. The molecule has 3 rings (SSSR count). The van der Waals surface area contributed by atoms with Crippen LogP contribution >= 0.6 is 11.6 Å². The van der Waals surface area contributed by atoms with Crippen LogP contribution in [-0.2, 0) is 4.79 Å². The molecule has 2 aromatic carbocycles. The van der Waals surface area contributed by atoms with E-state index in [0.29, 0.717) is 16.5 Å². The molecule has 26 heavy (non-hydrogen) atoms. The van der Waals surface area contributed by atoms with Crippen LogP contribution < -0.4 is 10.1 Å². The maximum Gasteiger partial charge on any atom is 0.254 e. The molecule has 136 valence electrons. The second-order valence-electron chi connectivity index (χ2n) is 5.87. The normalized spacial score (nSPS) is 13.9. The lowest BCUT2D eigenvalue weighted by Crippen LogP contribution is -2.54. The average Bonchev–Trinajstić information content (AvgIpc) is 2.56. The lowest BCUT2D eigenvalue weighted by Gasteiger charge is -2.38. The highest BCUT2D eigenvalue weighted by atomic mass is 35.5. The van der Waals surface area contributed by atoms with Crippen molar-refractivity contribution in [2.45, 2.75) is 0 Å². The van der Waals surface area contributed by atoms with Crippen molar-refractivity contribution in [1.82, 2.24) is 4.90 Å². The Hall–Kier alpha value is -2.67. The van der Waals surface area contributed by atoms with Crippen molar-refractivity contribution < 1.29 is 23.1 Å². The molecule has 0 unspecified atom stereocenters. The van der Waals surface area contributed by atoms with Gasteiger partial charge >= 0.3 is 0 Å². The molecule has 1 aliphatic rings. The molecule has 0 saturated carbocycles. The highest BCUT2D eigenvalue weighted by molar-refractivity contribution is 6.31. The topological polar surface area (TPSA) is 58.6 Å². The Balaban J connectivity index is 1.61. The van der Waals surface area contributed by atoms with Gasteiger partial charge in [0.05, 0.1) is 18.7 Å². The van der Waals surface area contributed by atoms with E-state index in [1.54, 1.807) is 18.2 Å². The van der Waals surface area contributed by atoms with Crippen molar-refractivity contribution in [2.75, 3.05) is 25.5 Å². The number of hydrogen-bond donors (Lipinski definition) is 1. The summed E-state index contributed by atoms with van der Waals surface area (Å²) in [6.45, 7) is 0.374. The van der Waals surface area contributed by atoms with E-state index in [1.807, 2.05) is 0 Å². The number of amides is 2. The molecule has 0 bridgehead atoms. The third kappa shape index (κ3) is 3.62. The fourth-order valence-corrected chi connectivity index (χ4v) is 2.81. The van der Waals surface area contributed by atoms with Crippen LogP contribution in [0.1, 0.15) is 10.4 Å². The van der Waals surface area contributed by atoms with Gasteiger partial charge in [-0.15, -0.1) is 0 Å². The Kier molecular flexibility index (Phi) is 5.08. The van der Waals surface area contributed by atoms with Gasteiger partial charge < -0.3 is 15.0 Å². The van der Waals surface area contributed by atoms with E-state index in [9.17, 15) is 18.4 Å². The molecule has 1 aliphatic heterocycles. The number of nitrogens with zero attached hydrogens (tertiary/aromatic N) is 1. The molecule has 1 saturated heterocycles. The summed E-state index contributed by atoms with van der Waals surface area (Å²) in [4.78, 5) is 25.9. The van der Waals surface area contributed by atoms with Crippen molar-refractivity contribution in [3.63, 3.8) is 0 Å². The van der Waals surface area contributed by atoms with Crippen LogP contribution in [0.5, 0.6) is 5.75 Å². The van der Waals surface area contributed by atoms with Crippen LogP contribution in [0.3, 0.4) is 0 Å². The first-order chi connectivity index (χ1) is 12.4. The predicted octanol–water partition coefficient (Wildman–Crippen LogP) is 3.34. The van der Waals surface area contributed by atoms with Crippen LogP contribution in [0.25, 0.3) is 0 Å². The van der Waals surface area contributed by atoms with Crippen LogP contribution in [0.4, 0.5) is 14.5 Å². The number of rotatable bonds is 4. The predicted molar refractivity (Wildman–Crippen MR) is 92.4 cm³/mol. The number of anilines is 1. The third-order valence-electron chi connectivity index (χ3n) is 4.13. The zero-order chi connectivity index (χ0) is 18.8. The highest BCUT2D eigenvalue weighted by Crippen LogP contribution is 2.29. The molecule has 0 spiro atoms. The second kappa shape index (κ2) is 7.29. The van der Waals surface area contributed by atoms with Gasteiger partial charge in [0.25, 0.3) is 5.91 Å². The fourth-order valence-electron chi connectivity index (χ4n) is 2.63. The van der Waals surface area contributed by atoms with Gasteiger partial charge in [0, 0.05) is 23.7 Å². The van der Waals surface area contributed by atoms with E-state index in [0.717, 1.165) is 12.1 Å². The molecule has 2 amide bonds. The van der Waals surface area contributed by atoms with Crippen molar-refractivity contribution in [3.05, 3.63) is 58.6 Å². The lowest BCUT2D eigenvalue weighted by molar-refractivity contribution is -0.123. The van der Waals surface area contributed by atoms with E-state index in [1.165, 1.54) is 18.1 Å². The first-order valence-corrected chi connectivity index (χ1v) is 8.15. The molecule has 2 aromatic rings. The summed E-state index contributed by atoms with van der Waals surface area (Å²) in [7, 11) is 1.48. The van der Waals surface area contributed by atoms with E-state index in [2.05, 4.69) is 5.32 Å². The van der Waals surface area contributed by atoms with Gasteiger partial charge in [0.15, 0.2) is 11.6 Å². The first-order valence-electron chi connectivity index (χ1n) is 7.77. The molecule has 1 heterocycles. The summed E-state index contributed by atoms with van der Waals surface area (Å²) < 4.78 is 31.4. The van der Waals surface area contributed by atoms with Gasteiger partial charge in [-0.2, -0.15) is 0 Å². The highest BCUT2D eigenvalue weighted by Gasteiger charge is 2.36. The summed E-state index contributed by atoms with van der Waals surface area (Å²) in [5.41, 5.74) is 0.481. The molecule has 1 fully saturated rings. The van der Waals surface area contributed by atoms with E-state index >= 15 is 0 Å². The van der Waals surface area contributed by atoms with E-state index in [4.69, 9.17) is 16.3 Å². The van der Waals surface area contributed by atoms with E-state index in [-0.39, 0.29) is 24.6 Å². The van der Waals surface area contributed by atoms with Crippen molar-refractivity contribution >= 4 is 29.1 Å². The molecule has 0 atom stereocenters. The number of nitrogens with one attached hydrogen (secondary N) is 1. The summed E-state index contributed by atoms with van der Waals surface area (Å²) in [5, 5.41) is 3.17. The number of carbonyl (C=O) groups excluding carboxylic acids is 2. The summed E-state index contributed by atoms with van der Waals surface area (Å²) in [5.74, 6) is -2.77. The maximum absolute atomic E-state index is 13.2. The number of methoxy groups -OCH3 is 1. The van der Waals surface area contributed by atoms with Gasteiger partial charge in [-0.25, -0.2) is 8.78 Å². The summed E-state index contributed by atoms with van der Waals surface area (Å²) in [6, 6.07) is 7.81. The van der Waals surface area contributed by atoms with Crippen molar-refractivity contribution in [2.24, 2.45) is 5.92 Å². The lowest BCUT2D eigenvalue weighted by atomic mass is 9.97. The number of benzene rings is 2. The number of likely N-dealkylation sites (tertiary alicyclic amines) is 1. The van der Waals surface area contributed by atoms with Gasteiger partial charge in [0.1, 0.15) is 5.75 Å². The number of halogens is 3. The van der Waals surface area contributed by atoms with Gasteiger partial charge in [-0.05, 0) is 36.4 Å². The molecule has 0 aliphatic carbocycles. The molecule has 0 aromatic heterocycles. The number of ether oxygens (including phenoxy) is 1. The van der Waals surface area contributed by atoms with Crippen LogP contribution in [0, 0.1) is 17.6 Å². The van der Waals surface area contributed by atoms with E-state index < -0.39 is 23.5 Å². The van der Waals surface area contributed by atoms with Crippen molar-refractivity contribution in [3.8, 4) is 5.75 Å². The zero-order valence-corrected chi connectivity index (χ0v) is 14.5. The van der Waals surface area contributed by atoms with Crippen LogP contribution in [0.2, 0.25) is 5.02 Å². The first kappa shape index (κ1) is 18.1.